The summed E-state index contributed by atoms with van der Waals surface area (Å²) >= 11 is 5.93. The molecule has 0 fully saturated rings. The molecule has 2 rings (SSSR count). The summed E-state index contributed by atoms with van der Waals surface area (Å²) in [6, 6.07) is 3.08. The van der Waals surface area contributed by atoms with Crippen LogP contribution in [0, 0.1) is 12.7 Å². The molecule has 0 unspecified atom stereocenters. The molecule has 78 valence electrons. The number of aromatic nitrogens is 2. The van der Waals surface area contributed by atoms with E-state index in [1.165, 1.54) is 6.07 Å². The van der Waals surface area contributed by atoms with Gasteiger partial charge in [0.25, 0.3) is 0 Å². The third kappa shape index (κ3) is 1.67. The molecule has 0 spiro atoms. The fourth-order valence-electron chi connectivity index (χ4n) is 1.49. The highest BCUT2D eigenvalue weighted by Gasteiger charge is 2.11. The summed E-state index contributed by atoms with van der Waals surface area (Å²) in [5.41, 5.74) is 1.51. The predicted octanol–water partition coefficient (Wildman–Crippen LogP) is 3.29. The second kappa shape index (κ2) is 3.74. The van der Waals surface area contributed by atoms with E-state index in [0.717, 1.165) is 5.56 Å². The van der Waals surface area contributed by atoms with E-state index in [4.69, 9.17) is 11.6 Å². The number of fused-ring (bicyclic) bond motifs is 1. The van der Waals surface area contributed by atoms with Crippen LogP contribution in [0.25, 0.3) is 10.9 Å². The van der Waals surface area contributed by atoms with Crippen LogP contribution in [0.15, 0.2) is 12.1 Å². The van der Waals surface area contributed by atoms with Gasteiger partial charge in [0.05, 0.1) is 10.9 Å². The topological polar surface area (TPSA) is 25.8 Å². The molecule has 0 saturated carbocycles. The van der Waals surface area contributed by atoms with Crippen molar-refractivity contribution in [3.05, 3.63) is 34.5 Å². The van der Waals surface area contributed by atoms with Gasteiger partial charge in [0.1, 0.15) is 16.8 Å². The minimum Gasteiger partial charge on any atom is -0.232 e. The third-order valence-electron chi connectivity index (χ3n) is 2.32. The Bertz CT molecular complexity index is 525. The van der Waals surface area contributed by atoms with Gasteiger partial charge in [0.15, 0.2) is 0 Å². The van der Waals surface area contributed by atoms with Gasteiger partial charge in [-0.3, -0.25) is 0 Å². The molecule has 1 aromatic carbocycles. The molecule has 1 aromatic heterocycles. The number of hydrogen-bond acceptors (Lipinski definition) is 2. The van der Waals surface area contributed by atoms with Crippen LogP contribution in [-0.2, 0) is 6.42 Å². The highest BCUT2D eigenvalue weighted by molar-refractivity contribution is 6.34. The molecule has 2 aromatic rings. The second-order valence-corrected chi connectivity index (χ2v) is 3.73. The van der Waals surface area contributed by atoms with Gasteiger partial charge >= 0.3 is 0 Å². The number of rotatable bonds is 1. The molecule has 0 radical (unpaired) electrons. The molecule has 0 N–H and O–H groups in total. The molecule has 2 nitrogen and oxygen atoms in total. The standard InChI is InChI=1S/C11H10ClFN2/c1-3-8-14-10-6(2)4-5-7(13)9(10)11(12)15-8/h4-5H,3H2,1-2H3. The first-order chi connectivity index (χ1) is 7.13. The van der Waals surface area contributed by atoms with Crippen molar-refractivity contribution >= 4 is 22.5 Å². The van der Waals surface area contributed by atoms with Gasteiger partial charge in [0.2, 0.25) is 0 Å². The van der Waals surface area contributed by atoms with Gasteiger partial charge in [0, 0.05) is 6.42 Å². The summed E-state index contributed by atoms with van der Waals surface area (Å²) in [5, 5.41) is 0.506. The zero-order chi connectivity index (χ0) is 11.0. The van der Waals surface area contributed by atoms with Crippen LogP contribution in [0.3, 0.4) is 0 Å². The molecular weight excluding hydrogens is 215 g/mol. The number of aryl methyl sites for hydroxylation is 2. The molecule has 4 heteroatoms. The van der Waals surface area contributed by atoms with Gasteiger partial charge in [-0.1, -0.05) is 24.6 Å². The lowest BCUT2D eigenvalue weighted by molar-refractivity contribution is 0.638. The number of halogens is 2. The summed E-state index contributed by atoms with van der Waals surface area (Å²) in [6.07, 6.45) is 0.686. The van der Waals surface area contributed by atoms with E-state index in [1.54, 1.807) is 6.07 Å². The lowest BCUT2D eigenvalue weighted by Gasteiger charge is -2.05. The highest BCUT2D eigenvalue weighted by Crippen LogP contribution is 2.25. The number of hydrogen-bond donors (Lipinski definition) is 0. The van der Waals surface area contributed by atoms with E-state index in [1.807, 2.05) is 13.8 Å². The summed E-state index contributed by atoms with van der Waals surface area (Å²) in [5.74, 6) is 0.268. The maximum Gasteiger partial charge on any atom is 0.143 e. The predicted molar refractivity (Wildman–Crippen MR) is 58.6 cm³/mol. The molecule has 1 heterocycles. The smallest absolute Gasteiger partial charge is 0.143 e. The van der Waals surface area contributed by atoms with Crippen molar-refractivity contribution in [1.82, 2.24) is 9.97 Å². The molecule has 15 heavy (non-hydrogen) atoms. The Labute approximate surface area is 92.1 Å². The van der Waals surface area contributed by atoms with Crippen molar-refractivity contribution in [3.63, 3.8) is 0 Å². The first-order valence-electron chi connectivity index (χ1n) is 4.74. The van der Waals surface area contributed by atoms with Crippen molar-refractivity contribution in [2.24, 2.45) is 0 Å². The van der Waals surface area contributed by atoms with Gasteiger partial charge in [-0.05, 0) is 18.6 Å². The largest absolute Gasteiger partial charge is 0.232 e. The zero-order valence-corrected chi connectivity index (χ0v) is 9.27. The van der Waals surface area contributed by atoms with Crippen LogP contribution in [0.1, 0.15) is 18.3 Å². The van der Waals surface area contributed by atoms with Crippen molar-refractivity contribution < 1.29 is 4.39 Å². The van der Waals surface area contributed by atoms with Crippen LogP contribution in [0.2, 0.25) is 5.15 Å². The maximum atomic E-state index is 13.5. The van der Waals surface area contributed by atoms with E-state index in [-0.39, 0.29) is 11.0 Å². The summed E-state index contributed by atoms with van der Waals surface area (Å²) < 4.78 is 13.5. The van der Waals surface area contributed by atoms with Gasteiger partial charge in [-0.15, -0.1) is 0 Å². The molecule has 0 saturated heterocycles. The normalized spacial score (nSPS) is 10.9. The molecule has 0 amide bonds. The van der Waals surface area contributed by atoms with Gasteiger partial charge in [-0.25, -0.2) is 14.4 Å². The van der Waals surface area contributed by atoms with E-state index in [9.17, 15) is 4.39 Å². The van der Waals surface area contributed by atoms with E-state index >= 15 is 0 Å². The average molecular weight is 225 g/mol. The van der Waals surface area contributed by atoms with Crippen molar-refractivity contribution in [3.8, 4) is 0 Å². The summed E-state index contributed by atoms with van der Waals surface area (Å²) in [6.45, 7) is 3.82. The molecule has 0 aliphatic rings. The fraction of sp³-hybridized carbons (Fsp3) is 0.273. The maximum absolute atomic E-state index is 13.5. The molecule has 0 atom stereocenters. The Kier molecular flexibility index (Phi) is 2.57. The Hall–Kier alpha value is -1.22. The molecular formula is C11H10ClFN2. The fourth-order valence-corrected chi connectivity index (χ4v) is 1.77. The van der Waals surface area contributed by atoms with Gasteiger partial charge < -0.3 is 0 Å². The Morgan fingerprint density at radius 3 is 2.73 bits per heavy atom. The van der Waals surface area contributed by atoms with Crippen LogP contribution in [0.4, 0.5) is 4.39 Å². The van der Waals surface area contributed by atoms with E-state index < -0.39 is 0 Å². The van der Waals surface area contributed by atoms with Gasteiger partial charge in [-0.2, -0.15) is 0 Å². The van der Waals surface area contributed by atoms with Crippen LogP contribution in [-0.4, -0.2) is 9.97 Å². The quantitative estimate of drug-likeness (QED) is 0.695. The monoisotopic (exact) mass is 224 g/mol. The van der Waals surface area contributed by atoms with Crippen LogP contribution >= 0.6 is 11.6 Å². The van der Waals surface area contributed by atoms with Crippen molar-refractivity contribution in [2.45, 2.75) is 20.3 Å². The average Bonchev–Trinajstić information content (AvgIpc) is 2.23. The Morgan fingerprint density at radius 2 is 2.07 bits per heavy atom. The second-order valence-electron chi connectivity index (χ2n) is 3.37. The molecule has 0 aliphatic carbocycles. The lowest BCUT2D eigenvalue weighted by Crippen LogP contribution is -1.97. The SMILES string of the molecule is CCc1nc(Cl)c2c(F)ccc(C)c2n1. The van der Waals surface area contributed by atoms with Crippen molar-refractivity contribution in [1.29, 1.82) is 0 Å². The minimum atomic E-state index is -0.372. The lowest BCUT2D eigenvalue weighted by atomic mass is 10.1. The van der Waals surface area contributed by atoms with Crippen LogP contribution < -0.4 is 0 Å². The Balaban J connectivity index is 2.90. The molecule has 0 bridgehead atoms. The number of benzene rings is 1. The first kappa shape index (κ1) is 10.3. The first-order valence-corrected chi connectivity index (χ1v) is 5.12. The zero-order valence-electron chi connectivity index (χ0n) is 8.51. The van der Waals surface area contributed by atoms with E-state index in [2.05, 4.69) is 9.97 Å². The third-order valence-corrected chi connectivity index (χ3v) is 2.59. The summed E-state index contributed by atoms with van der Waals surface area (Å²) in [7, 11) is 0. The van der Waals surface area contributed by atoms with Crippen LogP contribution in [0.5, 0.6) is 0 Å². The Morgan fingerprint density at radius 1 is 1.33 bits per heavy atom. The number of nitrogens with zero attached hydrogens (tertiary/aromatic N) is 2. The molecule has 0 aliphatic heterocycles. The summed E-state index contributed by atoms with van der Waals surface area (Å²) in [4.78, 5) is 8.32. The minimum absolute atomic E-state index is 0.193. The highest BCUT2D eigenvalue weighted by atomic mass is 35.5. The van der Waals surface area contributed by atoms with E-state index in [0.29, 0.717) is 23.1 Å². The van der Waals surface area contributed by atoms with Crippen molar-refractivity contribution in [2.75, 3.05) is 0 Å².